The van der Waals surface area contributed by atoms with E-state index < -0.39 is 17.1 Å². The first-order valence-electron chi connectivity index (χ1n) is 12.8. The second-order valence-electron chi connectivity index (χ2n) is 9.79. The van der Waals surface area contributed by atoms with Crippen LogP contribution in [-0.4, -0.2) is 34.6 Å². The number of amides is 3. The van der Waals surface area contributed by atoms with Crippen LogP contribution in [0.3, 0.4) is 0 Å². The van der Waals surface area contributed by atoms with Gasteiger partial charge in [-0.15, -0.1) is 0 Å². The van der Waals surface area contributed by atoms with Crippen molar-refractivity contribution in [1.29, 1.82) is 0 Å². The molecule has 2 aliphatic rings. The number of thiazole rings is 1. The first-order valence-corrected chi connectivity index (χ1v) is 15.3. The van der Waals surface area contributed by atoms with Gasteiger partial charge in [-0.1, -0.05) is 69.4 Å². The normalized spacial score (nSPS) is 19.6. The largest absolute Gasteiger partial charge is 0.497 e. The number of nitrogens with zero attached hydrogens (tertiary/aromatic N) is 2. The number of anilines is 2. The van der Waals surface area contributed by atoms with Crippen molar-refractivity contribution in [2.24, 2.45) is 5.92 Å². The van der Waals surface area contributed by atoms with Crippen molar-refractivity contribution in [3.05, 3.63) is 103 Å². The number of fused-ring (bicyclic) bond motifs is 2. The molecule has 11 heteroatoms. The molecule has 6 rings (SSSR count). The molecule has 1 fully saturated rings. The second-order valence-corrected chi connectivity index (χ2v) is 12.8. The summed E-state index contributed by atoms with van der Waals surface area (Å²) in [5, 5.41) is 2.67. The van der Waals surface area contributed by atoms with Gasteiger partial charge in [0.1, 0.15) is 17.5 Å². The molecule has 41 heavy (non-hydrogen) atoms. The average molecular weight is 651 g/mol. The number of ether oxygens (including phenoxy) is 1. The Morgan fingerprint density at radius 1 is 1.00 bits per heavy atom. The molecule has 1 N–H and O–H groups in total. The maximum absolute atomic E-state index is 14.0. The van der Waals surface area contributed by atoms with Gasteiger partial charge < -0.3 is 10.1 Å². The molecule has 3 aromatic carbocycles. The Hall–Kier alpha value is -3.67. The Balaban J connectivity index is 1.41. The molecular formula is C30H24BrN3O5S2. The van der Waals surface area contributed by atoms with E-state index in [1.54, 1.807) is 37.4 Å². The monoisotopic (exact) mass is 649 g/mol. The number of imide groups is 1. The van der Waals surface area contributed by atoms with Crippen LogP contribution in [0.15, 0.2) is 87.1 Å². The highest BCUT2D eigenvalue weighted by Gasteiger charge is 2.56. The number of benzene rings is 3. The van der Waals surface area contributed by atoms with Crippen LogP contribution in [0, 0.1) is 12.8 Å². The van der Waals surface area contributed by atoms with E-state index in [1.165, 1.54) is 21.2 Å². The third-order valence-electron chi connectivity index (χ3n) is 7.31. The van der Waals surface area contributed by atoms with E-state index in [0.717, 1.165) is 26.9 Å². The van der Waals surface area contributed by atoms with E-state index in [4.69, 9.17) is 4.74 Å². The van der Waals surface area contributed by atoms with E-state index in [0.29, 0.717) is 27.0 Å². The van der Waals surface area contributed by atoms with Gasteiger partial charge in [0.15, 0.2) is 0 Å². The molecule has 1 aromatic heterocycles. The summed E-state index contributed by atoms with van der Waals surface area (Å²) in [6, 6.07) is 21.8. The highest BCUT2D eigenvalue weighted by molar-refractivity contribution is 9.10. The predicted octanol–water partition coefficient (Wildman–Crippen LogP) is 5.42. The quantitative estimate of drug-likeness (QED) is 0.280. The lowest BCUT2D eigenvalue weighted by Crippen LogP contribution is -2.33. The van der Waals surface area contributed by atoms with Crippen LogP contribution >= 0.6 is 39.0 Å². The smallest absolute Gasteiger partial charge is 0.308 e. The number of methoxy groups -OCH3 is 1. The number of halogens is 1. The van der Waals surface area contributed by atoms with Crippen molar-refractivity contribution in [1.82, 2.24) is 4.57 Å². The molecule has 0 aliphatic carbocycles. The van der Waals surface area contributed by atoms with Crippen LogP contribution < -0.4 is 19.8 Å². The summed E-state index contributed by atoms with van der Waals surface area (Å²) < 4.78 is 7.48. The standard InChI is InChI=1S/C30H24BrN3O5S2/c1-16-6-3-4-9-21(16)32-22(35)15-33-29-26(41-30(33)38)23(17-7-5-8-18(31)14-17)24-25(40-29)28(37)34(27(24)36)19-10-12-20(39-2)13-11-19/h3-14,23-25H,15H2,1-2H3,(H,32,35)/t23-,24-,25+/m0/s1. The molecule has 1 saturated heterocycles. The molecule has 3 atom stereocenters. The van der Waals surface area contributed by atoms with E-state index in [-0.39, 0.29) is 29.1 Å². The highest BCUT2D eigenvalue weighted by Crippen LogP contribution is 2.54. The lowest BCUT2D eigenvalue weighted by molar-refractivity contribution is -0.122. The molecule has 208 valence electrons. The van der Waals surface area contributed by atoms with Crippen LogP contribution in [0.4, 0.5) is 11.4 Å². The Morgan fingerprint density at radius 2 is 1.76 bits per heavy atom. The number of carbonyl (C=O) groups is 3. The minimum atomic E-state index is -0.763. The van der Waals surface area contributed by atoms with Crippen molar-refractivity contribution in [3.8, 4) is 5.75 Å². The fraction of sp³-hybridized carbons (Fsp3) is 0.200. The van der Waals surface area contributed by atoms with Gasteiger partial charge in [0.05, 0.1) is 23.7 Å². The van der Waals surface area contributed by atoms with Gasteiger partial charge in [0, 0.05) is 21.0 Å². The number of thioether (sulfide) groups is 1. The SMILES string of the molecule is COc1ccc(N2C(=O)[C@H]3[C@H](c4cccc(Br)c4)c4sc(=O)n(CC(=O)Nc5ccccc5C)c4S[C@H]3C2=O)cc1. The molecule has 0 radical (unpaired) electrons. The van der Waals surface area contributed by atoms with E-state index >= 15 is 0 Å². The van der Waals surface area contributed by atoms with Gasteiger partial charge in [-0.2, -0.15) is 0 Å². The lowest BCUT2D eigenvalue weighted by atomic mass is 9.83. The number of carbonyl (C=O) groups excluding carboxylic acids is 3. The molecule has 3 amide bonds. The molecule has 2 aliphatic heterocycles. The number of rotatable bonds is 6. The number of hydrogen-bond donors (Lipinski definition) is 1. The molecule has 0 unspecified atom stereocenters. The fourth-order valence-electron chi connectivity index (χ4n) is 5.35. The van der Waals surface area contributed by atoms with Gasteiger partial charge in [0.25, 0.3) is 0 Å². The Morgan fingerprint density at radius 3 is 2.46 bits per heavy atom. The summed E-state index contributed by atoms with van der Waals surface area (Å²) in [4.78, 5) is 55.9. The number of nitrogens with one attached hydrogen (secondary N) is 1. The third kappa shape index (κ3) is 4.92. The zero-order valence-electron chi connectivity index (χ0n) is 22.0. The van der Waals surface area contributed by atoms with E-state index in [2.05, 4.69) is 21.2 Å². The number of para-hydroxylation sites is 1. The molecular weight excluding hydrogens is 626 g/mol. The van der Waals surface area contributed by atoms with Gasteiger partial charge in [0.2, 0.25) is 17.7 Å². The first-order chi connectivity index (χ1) is 19.8. The van der Waals surface area contributed by atoms with Gasteiger partial charge in [-0.3, -0.25) is 23.7 Å². The average Bonchev–Trinajstić information content (AvgIpc) is 3.40. The molecule has 0 saturated carbocycles. The Kier molecular flexibility index (Phi) is 7.35. The van der Waals surface area contributed by atoms with Crippen LogP contribution in [-0.2, 0) is 20.9 Å². The third-order valence-corrected chi connectivity index (χ3v) is 10.4. The molecule has 8 nitrogen and oxygen atoms in total. The van der Waals surface area contributed by atoms with Gasteiger partial charge >= 0.3 is 4.87 Å². The van der Waals surface area contributed by atoms with Crippen LogP contribution in [0.5, 0.6) is 5.75 Å². The summed E-state index contributed by atoms with van der Waals surface area (Å²) in [6.07, 6.45) is 0. The predicted molar refractivity (Wildman–Crippen MR) is 163 cm³/mol. The van der Waals surface area contributed by atoms with Crippen LogP contribution in [0.2, 0.25) is 0 Å². The van der Waals surface area contributed by atoms with Crippen molar-refractivity contribution in [2.45, 2.75) is 29.7 Å². The number of aromatic nitrogens is 1. The zero-order valence-corrected chi connectivity index (χ0v) is 25.2. The maximum Gasteiger partial charge on any atom is 0.308 e. The summed E-state index contributed by atoms with van der Waals surface area (Å²) in [6.45, 7) is 1.68. The Labute approximate surface area is 252 Å². The summed E-state index contributed by atoms with van der Waals surface area (Å²) >= 11 is 5.74. The maximum atomic E-state index is 14.0. The minimum absolute atomic E-state index is 0.209. The van der Waals surface area contributed by atoms with Gasteiger partial charge in [-0.25, -0.2) is 4.90 Å². The van der Waals surface area contributed by atoms with Gasteiger partial charge in [-0.05, 0) is 60.5 Å². The summed E-state index contributed by atoms with van der Waals surface area (Å²) in [5.74, 6) is -1.66. The molecule has 4 aromatic rings. The molecule has 0 bridgehead atoms. The van der Waals surface area contributed by atoms with E-state index in [9.17, 15) is 19.2 Å². The van der Waals surface area contributed by atoms with Crippen LogP contribution in [0.1, 0.15) is 21.9 Å². The molecule has 3 heterocycles. The van der Waals surface area contributed by atoms with Crippen molar-refractivity contribution in [3.63, 3.8) is 0 Å². The second kappa shape index (κ2) is 11.0. The van der Waals surface area contributed by atoms with E-state index in [1.807, 2.05) is 49.4 Å². The van der Waals surface area contributed by atoms with Crippen molar-refractivity contribution in [2.75, 3.05) is 17.3 Å². The number of aryl methyl sites for hydroxylation is 1. The lowest BCUT2D eigenvalue weighted by Gasteiger charge is -2.30. The number of hydrogen-bond acceptors (Lipinski definition) is 7. The molecule has 0 spiro atoms. The van der Waals surface area contributed by atoms with Crippen molar-refractivity contribution >= 4 is 68.1 Å². The summed E-state index contributed by atoms with van der Waals surface area (Å²) in [7, 11) is 1.55. The van der Waals surface area contributed by atoms with Crippen molar-refractivity contribution < 1.29 is 19.1 Å². The first kappa shape index (κ1) is 27.5. The van der Waals surface area contributed by atoms with Crippen LogP contribution in [0.25, 0.3) is 0 Å². The zero-order chi connectivity index (χ0) is 28.8. The highest BCUT2D eigenvalue weighted by atomic mass is 79.9. The fourth-order valence-corrected chi connectivity index (χ4v) is 8.54. The Bertz CT molecular complexity index is 1750. The topological polar surface area (TPSA) is 97.7 Å². The summed E-state index contributed by atoms with van der Waals surface area (Å²) in [5.41, 5.74) is 2.84. The minimum Gasteiger partial charge on any atom is -0.497 e.